The number of nitro benzene ring substituents is 1. The minimum Gasteiger partial charge on any atom is -0.444 e. The van der Waals surface area contributed by atoms with Crippen LogP contribution in [-0.4, -0.2) is 136 Å². The monoisotopic (exact) mass is 980 g/mol. The first-order valence-electron chi connectivity index (χ1n) is 18.3. The molecule has 11 atom stereocenters. The average Bonchev–Trinajstić information content (AvgIpc) is 3.94. The number of hydrogen-bond donors (Lipinski definition) is 11. The zero-order valence-corrected chi connectivity index (χ0v) is 35.5. The number of nitrogens with zero attached hydrogens (tertiary/aromatic N) is 7. The zero-order chi connectivity index (χ0) is 47.3. The van der Waals surface area contributed by atoms with Gasteiger partial charge in [-0.2, -0.15) is 4.98 Å². The number of aryl methyl sites for hydroxylation is 1. The Morgan fingerprint density at radius 3 is 2.37 bits per heavy atom. The molecule has 1 aromatic carbocycles. The third-order valence-corrected chi connectivity index (χ3v) is 15.4. The second kappa shape index (κ2) is 18.1. The van der Waals surface area contributed by atoms with Crippen molar-refractivity contribution in [1.82, 2.24) is 34.1 Å². The highest BCUT2D eigenvalue weighted by Gasteiger charge is 2.50. The van der Waals surface area contributed by atoms with Gasteiger partial charge in [-0.3, -0.25) is 52.5 Å². The Labute approximate surface area is 359 Å². The number of carbonyl (C=O) groups excluding carboxylic acids is 1. The highest BCUT2D eigenvalue weighted by molar-refractivity contribution is 7.74. The molecule has 0 aliphatic carbocycles. The first kappa shape index (κ1) is 47.6. The molecule has 4 aromatic heterocycles. The van der Waals surface area contributed by atoms with Crippen LogP contribution in [0.2, 0.25) is 0 Å². The number of amides is 1. The van der Waals surface area contributed by atoms with Crippen LogP contribution in [0, 0.1) is 10.1 Å². The van der Waals surface area contributed by atoms with Crippen LogP contribution in [-0.2, 0) is 54.9 Å². The van der Waals surface area contributed by atoms with Crippen molar-refractivity contribution in [2.75, 3.05) is 30.2 Å². The number of phosphoric ester groups is 1. The number of anilines is 2. The molecule has 32 nitrogen and oxygen atoms in total. The van der Waals surface area contributed by atoms with Crippen molar-refractivity contribution in [3.8, 4) is 0 Å². The maximum Gasteiger partial charge on any atom is 0.479 e. The Hall–Kier alpha value is -5.40. The van der Waals surface area contributed by atoms with Crippen molar-refractivity contribution < 1.29 is 90.7 Å². The Morgan fingerprint density at radius 2 is 1.65 bits per heavy atom. The summed E-state index contributed by atoms with van der Waals surface area (Å²) in [4.78, 5) is 95.6. The molecule has 7 rings (SSSR count). The summed E-state index contributed by atoms with van der Waals surface area (Å²) < 4.78 is 71.7. The number of aromatic amines is 2. The molecule has 2 aliphatic heterocycles. The van der Waals surface area contributed by atoms with Crippen LogP contribution < -0.4 is 26.7 Å². The van der Waals surface area contributed by atoms with E-state index < -0.39 is 126 Å². The molecule has 2 fully saturated rings. The lowest BCUT2D eigenvalue weighted by Gasteiger charge is -2.21. The highest BCUT2D eigenvalue weighted by Crippen LogP contribution is 2.66. The van der Waals surface area contributed by atoms with Crippen LogP contribution in [0.4, 0.5) is 22.4 Å². The quantitative estimate of drug-likeness (QED) is 0.0213. The number of nitrogens with two attached hydrogens (primary N) is 1. The second-order valence-electron chi connectivity index (χ2n) is 14.2. The third kappa shape index (κ3) is 10.2. The van der Waals surface area contributed by atoms with Gasteiger partial charge < -0.3 is 59.6 Å². The Morgan fingerprint density at radius 1 is 0.969 bits per heavy atom. The van der Waals surface area contributed by atoms with Crippen LogP contribution in [0.3, 0.4) is 0 Å². The molecule has 0 spiro atoms. The van der Waals surface area contributed by atoms with E-state index in [4.69, 9.17) is 24.5 Å². The van der Waals surface area contributed by atoms with Gasteiger partial charge in [0.1, 0.15) is 43.2 Å². The summed E-state index contributed by atoms with van der Waals surface area (Å²) in [6.45, 7) is -2.67. The summed E-state index contributed by atoms with van der Waals surface area (Å²) in [6.07, 6.45) is -12.7. The molecule has 0 radical (unpaired) electrons. The van der Waals surface area contributed by atoms with E-state index in [2.05, 4.69) is 39.1 Å². The van der Waals surface area contributed by atoms with Crippen molar-refractivity contribution >= 4 is 69.0 Å². The first-order valence-corrected chi connectivity index (χ1v) is 23.3. The standard InChI is InChI=1S/C30H36N11O21P3/c1-38-10-40(23-17(38)25(47)36-29(34-23)37-30(48)57-6-12-4-2-3-5-13(12)41(49)50)27-21(45)18(42)14(61-27)7-58-63(51,52)11-64(53,54)62-65(55,56)59-8-15-19(43)20(44)26(60-15)39-9-32-16-22(39)33-28(31)35-24(16)46/h2-5,9-10,14-15,18-21,26-27,42-45H,6-8,11H2,1H3,(H7-,31,33,34,35,36,37,46,47,48,51,52,53,54,55,56)/p+1/t14-,15-,18?,19+,20?,21+,26-,27-/m1/s1. The molecule has 6 heterocycles. The number of nitro groups is 1. The SMILES string of the molecule is Cn1c[n+]([C@@H]2O[C@H](COP(=O)(O)CP(=O)(O)OP(=O)(O)OC[C@H]3O[C@@H](n4cnc5c(=O)[nH]c(N)nc54)C(O)[C@H]3O)C(O)[C@@H]2O)c2nc(NC(=O)OCc3ccccc3[N+](=O)[O-])[nH]c(=O)c21. The number of para-hydroxylation sites is 1. The normalized spacial score (nSPS) is 26.2. The minimum absolute atomic E-state index is 0.0619. The number of hydrogen-bond acceptors (Lipinski definition) is 22. The van der Waals surface area contributed by atoms with Crippen molar-refractivity contribution in [1.29, 1.82) is 0 Å². The maximum absolute atomic E-state index is 13.0. The van der Waals surface area contributed by atoms with E-state index >= 15 is 0 Å². The number of carbonyl (C=O) groups is 1. The summed E-state index contributed by atoms with van der Waals surface area (Å²) in [5.41, 5.74) is 2.99. The lowest BCUT2D eigenvalue weighted by molar-refractivity contribution is -0.745. The Balaban J connectivity index is 0.946. The fourth-order valence-electron chi connectivity index (χ4n) is 6.74. The number of H-pyrrole nitrogens is 2. The first-order chi connectivity index (χ1) is 30.4. The summed E-state index contributed by atoms with van der Waals surface area (Å²) in [5, 5.41) is 56.2. The van der Waals surface area contributed by atoms with E-state index in [-0.39, 0.29) is 39.5 Å². The molecule has 352 valence electrons. The van der Waals surface area contributed by atoms with Gasteiger partial charge in [0, 0.05) is 6.07 Å². The molecule has 65 heavy (non-hydrogen) atoms. The number of nitrogens with one attached hydrogen (secondary N) is 3. The van der Waals surface area contributed by atoms with Crippen LogP contribution in [0.25, 0.3) is 22.3 Å². The molecule has 5 unspecified atom stereocenters. The van der Waals surface area contributed by atoms with Crippen molar-refractivity contribution in [2.24, 2.45) is 7.05 Å². The molecule has 0 saturated carbocycles. The number of fused-ring (bicyclic) bond motifs is 2. The van der Waals surface area contributed by atoms with Gasteiger partial charge in [-0.15, -0.1) is 0 Å². The van der Waals surface area contributed by atoms with Gasteiger partial charge in [0.25, 0.3) is 22.8 Å². The van der Waals surface area contributed by atoms with E-state index in [0.717, 1.165) is 15.5 Å². The second-order valence-corrected chi connectivity index (χ2v) is 20.0. The molecule has 12 N–H and O–H groups in total. The lowest BCUT2D eigenvalue weighted by atomic mass is 10.1. The smallest absolute Gasteiger partial charge is 0.444 e. The minimum atomic E-state index is -5.64. The van der Waals surface area contributed by atoms with Crippen molar-refractivity contribution in [3.63, 3.8) is 0 Å². The molecule has 2 aliphatic rings. The van der Waals surface area contributed by atoms with Crippen LogP contribution in [0.5, 0.6) is 0 Å². The molecule has 5 aromatic rings. The number of aromatic nitrogens is 8. The number of ether oxygens (including phenoxy) is 3. The fourth-order valence-corrected chi connectivity index (χ4v) is 11.7. The third-order valence-electron chi connectivity index (χ3n) is 9.64. The predicted octanol–water partition coefficient (Wildman–Crippen LogP) is -2.36. The number of benzene rings is 1. The van der Waals surface area contributed by atoms with E-state index in [0.29, 0.717) is 0 Å². The van der Waals surface area contributed by atoms with Crippen LogP contribution in [0.1, 0.15) is 18.0 Å². The molecular formula is C30H37N11O21P3+. The van der Waals surface area contributed by atoms with Gasteiger partial charge in [-0.1, -0.05) is 17.1 Å². The van der Waals surface area contributed by atoms with Crippen molar-refractivity contribution in [3.05, 3.63) is 73.3 Å². The topological polar surface area (TPSA) is 465 Å². The summed E-state index contributed by atoms with van der Waals surface area (Å²) >= 11 is 0. The van der Waals surface area contributed by atoms with E-state index in [1.807, 2.05) is 0 Å². The number of rotatable bonds is 16. The highest BCUT2D eigenvalue weighted by atomic mass is 31.3. The van der Waals surface area contributed by atoms with E-state index in [1.165, 1.54) is 42.2 Å². The predicted molar refractivity (Wildman–Crippen MR) is 210 cm³/mol. The molecule has 35 heteroatoms. The number of aliphatic hydroxyl groups is 4. The van der Waals surface area contributed by atoms with Crippen molar-refractivity contribution in [2.45, 2.75) is 55.7 Å². The summed E-state index contributed by atoms with van der Waals surface area (Å²) in [5.74, 6) is -2.64. The summed E-state index contributed by atoms with van der Waals surface area (Å²) in [7, 11) is -15.1. The molecule has 2 saturated heterocycles. The average molecular weight is 981 g/mol. The molecule has 0 bridgehead atoms. The Bertz CT molecular complexity index is 2930. The van der Waals surface area contributed by atoms with Crippen LogP contribution >= 0.6 is 23.0 Å². The number of nitrogen functional groups attached to an aromatic ring is 1. The van der Waals surface area contributed by atoms with E-state index in [1.54, 1.807) is 0 Å². The molecular weight excluding hydrogens is 943 g/mol. The maximum atomic E-state index is 13.0. The van der Waals surface area contributed by atoms with Gasteiger partial charge in [-0.25, -0.2) is 28.5 Å². The van der Waals surface area contributed by atoms with Gasteiger partial charge in [0.15, 0.2) is 29.6 Å². The summed E-state index contributed by atoms with van der Waals surface area (Å²) in [6, 6.07) is 5.46. The van der Waals surface area contributed by atoms with Crippen LogP contribution in [0.15, 0.2) is 46.5 Å². The van der Waals surface area contributed by atoms with Gasteiger partial charge in [-0.05, 0) is 6.07 Å². The molecule has 1 amide bonds. The number of aliphatic hydroxyl groups excluding tert-OH is 4. The lowest BCUT2D eigenvalue weighted by Crippen LogP contribution is -2.46. The Kier molecular flexibility index (Phi) is 13.3. The fraction of sp³-hybridized carbons (Fsp3) is 0.433. The zero-order valence-electron chi connectivity index (χ0n) is 32.8. The van der Waals surface area contributed by atoms with Gasteiger partial charge >= 0.3 is 34.8 Å². The van der Waals surface area contributed by atoms with Gasteiger partial charge in [0.05, 0.1) is 37.1 Å². The largest absolute Gasteiger partial charge is 0.479 e. The number of phosphoric acid groups is 1. The van der Waals surface area contributed by atoms with E-state index in [9.17, 15) is 73.3 Å². The van der Waals surface area contributed by atoms with Gasteiger partial charge in [0.2, 0.25) is 17.7 Å². The number of imidazole rings is 2.